The van der Waals surface area contributed by atoms with Gasteiger partial charge in [-0.1, -0.05) is 42.5 Å². The van der Waals surface area contributed by atoms with Crippen molar-refractivity contribution < 1.29 is 9.53 Å². The molecule has 0 fully saturated rings. The van der Waals surface area contributed by atoms with E-state index in [9.17, 15) is 4.79 Å². The van der Waals surface area contributed by atoms with E-state index < -0.39 is 0 Å². The molecule has 1 aromatic heterocycles. The molecule has 0 bridgehead atoms. The summed E-state index contributed by atoms with van der Waals surface area (Å²) in [7, 11) is 0. The zero-order valence-electron chi connectivity index (χ0n) is 13.6. The minimum absolute atomic E-state index is 0.176. The average Bonchev–Trinajstić information content (AvgIpc) is 3.00. The number of aromatic nitrogens is 1. The fourth-order valence-electron chi connectivity index (χ4n) is 3.51. The molecule has 0 saturated carbocycles. The van der Waals surface area contributed by atoms with Crippen molar-refractivity contribution >= 4 is 16.9 Å². The molecule has 2 heterocycles. The van der Waals surface area contributed by atoms with Crippen LogP contribution >= 0.6 is 0 Å². The van der Waals surface area contributed by atoms with Gasteiger partial charge in [0.15, 0.2) is 0 Å². The summed E-state index contributed by atoms with van der Waals surface area (Å²) >= 11 is 0. The number of nitrogens with one attached hydrogen (secondary N) is 2. The minimum Gasteiger partial charge on any atom is -0.465 e. The molecule has 1 aliphatic heterocycles. The lowest BCUT2D eigenvalue weighted by atomic mass is 9.95. The molecule has 2 aromatic carbocycles. The van der Waals surface area contributed by atoms with Crippen LogP contribution in [-0.4, -0.2) is 23.6 Å². The number of carbonyl (C=O) groups excluding carboxylic acids is 1. The lowest BCUT2D eigenvalue weighted by Crippen LogP contribution is -2.42. The predicted molar refractivity (Wildman–Crippen MR) is 94.7 cm³/mol. The molecule has 0 saturated heterocycles. The Hall–Kier alpha value is -2.59. The third-order valence-electron chi connectivity index (χ3n) is 4.61. The van der Waals surface area contributed by atoms with Gasteiger partial charge >= 0.3 is 5.97 Å². The van der Waals surface area contributed by atoms with Crippen molar-refractivity contribution in [2.75, 3.05) is 6.61 Å². The largest absolute Gasteiger partial charge is 0.465 e. The maximum Gasteiger partial charge on any atom is 0.323 e. The summed E-state index contributed by atoms with van der Waals surface area (Å²) in [6.45, 7) is 2.92. The molecule has 4 rings (SSSR count). The van der Waals surface area contributed by atoms with E-state index in [0.29, 0.717) is 19.6 Å². The Morgan fingerprint density at radius 1 is 1.17 bits per heavy atom. The van der Waals surface area contributed by atoms with Crippen LogP contribution in [0, 0.1) is 0 Å². The topological polar surface area (TPSA) is 54.1 Å². The monoisotopic (exact) mass is 320 g/mol. The number of esters is 1. The molecule has 4 nitrogen and oxygen atoms in total. The van der Waals surface area contributed by atoms with Gasteiger partial charge in [-0.05, 0) is 29.7 Å². The standard InChI is InChI=1S/C20H20N2O2/c1-2-24-20(23)18-11-17-15(12-21-18)19-14(9-6-10-16(19)22-17)13-7-4-3-5-8-13/h3-10,18,21-22H,2,11-12H2,1H3. The van der Waals surface area contributed by atoms with E-state index in [1.165, 1.54) is 22.1 Å². The smallest absolute Gasteiger partial charge is 0.323 e. The third kappa shape index (κ3) is 2.49. The summed E-state index contributed by atoms with van der Waals surface area (Å²) in [5.74, 6) is -0.176. The number of H-pyrrole nitrogens is 1. The number of fused-ring (bicyclic) bond motifs is 3. The second kappa shape index (κ2) is 6.13. The highest BCUT2D eigenvalue weighted by Gasteiger charge is 2.28. The molecule has 4 heteroatoms. The summed E-state index contributed by atoms with van der Waals surface area (Å²) in [5, 5.41) is 4.57. The zero-order chi connectivity index (χ0) is 16.5. The first kappa shape index (κ1) is 15.0. The van der Waals surface area contributed by atoms with Crippen molar-refractivity contribution in [2.45, 2.75) is 25.9 Å². The van der Waals surface area contributed by atoms with Crippen LogP contribution in [0.15, 0.2) is 48.5 Å². The van der Waals surface area contributed by atoms with E-state index in [4.69, 9.17) is 4.74 Å². The predicted octanol–water partition coefficient (Wildman–Crippen LogP) is 3.41. The van der Waals surface area contributed by atoms with E-state index in [-0.39, 0.29) is 12.0 Å². The Balaban J connectivity index is 1.78. The molecule has 1 atom stereocenters. The van der Waals surface area contributed by atoms with Crippen LogP contribution in [0.5, 0.6) is 0 Å². The molecule has 1 unspecified atom stereocenters. The molecular formula is C20H20N2O2. The first-order valence-corrected chi connectivity index (χ1v) is 8.35. The van der Waals surface area contributed by atoms with Gasteiger partial charge in [-0.2, -0.15) is 0 Å². The number of rotatable bonds is 3. The zero-order valence-corrected chi connectivity index (χ0v) is 13.6. The van der Waals surface area contributed by atoms with Crippen LogP contribution in [0.25, 0.3) is 22.0 Å². The Morgan fingerprint density at radius 2 is 2.00 bits per heavy atom. The van der Waals surface area contributed by atoms with E-state index in [1.54, 1.807) is 0 Å². The molecule has 0 radical (unpaired) electrons. The Labute approximate surface area is 140 Å². The summed E-state index contributed by atoms with van der Waals surface area (Å²) in [4.78, 5) is 15.5. The van der Waals surface area contributed by atoms with Crippen molar-refractivity contribution in [3.05, 3.63) is 59.8 Å². The summed E-state index contributed by atoms with van der Waals surface area (Å²) in [6.07, 6.45) is 0.636. The molecule has 24 heavy (non-hydrogen) atoms. The molecular weight excluding hydrogens is 300 g/mol. The number of hydrogen-bond acceptors (Lipinski definition) is 3. The molecule has 2 N–H and O–H groups in total. The van der Waals surface area contributed by atoms with Crippen LogP contribution in [0.4, 0.5) is 0 Å². The summed E-state index contributed by atoms with van der Waals surface area (Å²) in [5.41, 5.74) is 5.93. The van der Waals surface area contributed by atoms with E-state index >= 15 is 0 Å². The van der Waals surface area contributed by atoms with Gasteiger partial charge in [0.05, 0.1) is 6.61 Å². The second-order valence-corrected chi connectivity index (χ2v) is 6.07. The third-order valence-corrected chi connectivity index (χ3v) is 4.61. The highest BCUT2D eigenvalue weighted by molar-refractivity contribution is 5.99. The van der Waals surface area contributed by atoms with E-state index in [1.807, 2.05) is 13.0 Å². The van der Waals surface area contributed by atoms with Crippen LogP contribution in [0.2, 0.25) is 0 Å². The van der Waals surface area contributed by atoms with Crippen molar-refractivity contribution in [3.8, 4) is 11.1 Å². The van der Waals surface area contributed by atoms with Crippen molar-refractivity contribution in [1.29, 1.82) is 0 Å². The molecule has 1 aliphatic rings. The van der Waals surface area contributed by atoms with Crippen LogP contribution < -0.4 is 5.32 Å². The SMILES string of the molecule is CCOC(=O)C1Cc2[nH]c3cccc(-c4ccccc4)c3c2CN1. The van der Waals surface area contributed by atoms with Gasteiger partial charge in [-0.3, -0.25) is 10.1 Å². The Morgan fingerprint density at radius 3 is 2.79 bits per heavy atom. The van der Waals surface area contributed by atoms with Crippen molar-refractivity contribution in [1.82, 2.24) is 10.3 Å². The molecule has 122 valence electrons. The van der Waals surface area contributed by atoms with Gasteiger partial charge in [0.1, 0.15) is 6.04 Å². The lowest BCUT2D eigenvalue weighted by molar-refractivity contribution is -0.145. The number of ether oxygens (including phenoxy) is 1. The van der Waals surface area contributed by atoms with Crippen LogP contribution in [0.1, 0.15) is 18.2 Å². The molecule has 3 aromatic rings. The maximum atomic E-state index is 12.0. The van der Waals surface area contributed by atoms with Gasteiger partial charge < -0.3 is 9.72 Å². The van der Waals surface area contributed by atoms with Crippen LogP contribution in [0.3, 0.4) is 0 Å². The lowest BCUT2D eigenvalue weighted by Gasteiger charge is -2.22. The van der Waals surface area contributed by atoms with Crippen molar-refractivity contribution in [2.24, 2.45) is 0 Å². The average molecular weight is 320 g/mol. The van der Waals surface area contributed by atoms with Gasteiger partial charge in [0.25, 0.3) is 0 Å². The van der Waals surface area contributed by atoms with Gasteiger partial charge in [0.2, 0.25) is 0 Å². The highest BCUT2D eigenvalue weighted by atomic mass is 16.5. The van der Waals surface area contributed by atoms with Gasteiger partial charge in [-0.25, -0.2) is 0 Å². The quantitative estimate of drug-likeness (QED) is 0.727. The normalized spacial score (nSPS) is 16.8. The van der Waals surface area contributed by atoms with E-state index in [0.717, 1.165) is 11.2 Å². The van der Waals surface area contributed by atoms with Crippen molar-refractivity contribution in [3.63, 3.8) is 0 Å². The maximum absolute atomic E-state index is 12.0. The number of hydrogen-bond donors (Lipinski definition) is 2. The minimum atomic E-state index is -0.273. The number of carbonyl (C=O) groups is 1. The summed E-state index contributed by atoms with van der Waals surface area (Å²) < 4.78 is 5.15. The first-order valence-electron chi connectivity index (χ1n) is 8.35. The molecule has 0 aliphatic carbocycles. The van der Waals surface area contributed by atoms with Crippen LogP contribution in [-0.2, 0) is 22.5 Å². The first-order chi connectivity index (χ1) is 11.8. The fraction of sp³-hybridized carbons (Fsp3) is 0.250. The van der Waals surface area contributed by atoms with E-state index in [2.05, 4.69) is 52.8 Å². The Bertz CT molecular complexity index is 883. The summed E-state index contributed by atoms with van der Waals surface area (Å²) in [6, 6.07) is 16.5. The number of benzene rings is 2. The molecule has 0 amide bonds. The number of aromatic amines is 1. The van der Waals surface area contributed by atoms with Gasteiger partial charge in [-0.15, -0.1) is 0 Å². The van der Waals surface area contributed by atoms with Gasteiger partial charge in [0, 0.05) is 29.6 Å². The molecule has 0 spiro atoms. The Kier molecular flexibility index (Phi) is 3.82. The fourth-order valence-corrected chi connectivity index (χ4v) is 3.51. The highest BCUT2D eigenvalue weighted by Crippen LogP contribution is 2.34. The second-order valence-electron chi connectivity index (χ2n) is 6.07.